The van der Waals surface area contributed by atoms with Crippen molar-refractivity contribution < 1.29 is 80.2 Å². The second-order valence-corrected chi connectivity index (χ2v) is 33.3. The topological polar surface area (TPSA) is 237 Å². The third kappa shape index (κ3) is 76.3. The Balaban J connectivity index is 5.25. The van der Waals surface area contributed by atoms with Gasteiger partial charge in [-0.3, -0.25) is 37.3 Å². The minimum absolute atomic E-state index is 0.109. The lowest BCUT2D eigenvalue weighted by atomic mass is 10.0. The largest absolute Gasteiger partial charge is 0.472 e. The lowest BCUT2D eigenvalue weighted by Gasteiger charge is -2.21. The molecule has 0 saturated heterocycles. The van der Waals surface area contributed by atoms with Gasteiger partial charge in [0.05, 0.1) is 26.4 Å². The van der Waals surface area contributed by atoms with E-state index in [0.717, 1.165) is 95.8 Å². The Morgan fingerprint density at radius 3 is 0.667 bits per heavy atom. The Labute approximate surface area is 626 Å². The van der Waals surface area contributed by atoms with Crippen LogP contribution in [0, 0.1) is 5.92 Å². The van der Waals surface area contributed by atoms with E-state index in [9.17, 15) is 43.2 Å². The van der Waals surface area contributed by atoms with Crippen molar-refractivity contribution in [2.75, 3.05) is 39.6 Å². The quantitative estimate of drug-likeness (QED) is 0.0222. The normalized spacial score (nSPS) is 13.8. The number of phosphoric ester groups is 2. The van der Waals surface area contributed by atoms with Crippen molar-refractivity contribution in [3.8, 4) is 0 Å². The van der Waals surface area contributed by atoms with Crippen molar-refractivity contribution in [3.05, 3.63) is 0 Å². The molecule has 0 aliphatic carbocycles. The molecule has 0 heterocycles. The van der Waals surface area contributed by atoms with Crippen LogP contribution in [0.1, 0.15) is 446 Å². The zero-order valence-electron chi connectivity index (χ0n) is 66.8. The molecule has 0 aliphatic heterocycles. The number of esters is 4. The van der Waals surface area contributed by atoms with Crippen LogP contribution in [-0.2, 0) is 65.4 Å². The highest BCUT2D eigenvalue weighted by Crippen LogP contribution is 2.45. The molecule has 102 heavy (non-hydrogen) atoms. The maximum atomic E-state index is 13.1. The van der Waals surface area contributed by atoms with Gasteiger partial charge in [0.1, 0.15) is 19.3 Å². The second kappa shape index (κ2) is 75.9. The summed E-state index contributed by atoms with van der Waals surface area (Å²) in [5.74, 6) is -1.31. The van der Waals surface area contributed by atoms with Gasteiger partial charge in [-0.2, -0.15) is 0 Å². The molecule has 0 spiro atoms. The number of carbonyl (C=O) groups excluding carboxylic acids is 4. The van der Waals surface area contributed by atoms with Crippen LogP contribution in [0.25, 0.3) is 0 Å². The second-order valence-electron chi connectivity index (χ2n) is 30.3. The van der Waals surface area contributed by atoms with Gasteiger partial charge in [0, 0.05) is 25.7 Å². The van der Waals surface area contributed by atoms with Gasteiger partial charge < -0.3 is 33.8 Å². The number of carbonyl (C=O) groups is 4. The molecule has 0 aromatic carbocycles. The van der Waals surface area contributed by atoms with E-state index in [2.05, 4.69) is 34.6 Å². The van der Waals surface area contributed by atoms with Crippen molar-refractivity contribution in [1.82, 2.24) is 0 Å². The third-order valence-corrected chi connectivity index (χ3v) is 21.4. The van der Waals surface area contributed by atoms with Gasteiger partial charge in [-0.05, 0) is 31.6 Å². The first-order valence-electron chi connectivity index (χ1n) is 43.1. The molecule has 0 rings (SSSR count). The van der Waals surface area contributed by atoms with Crippen LogP contribution in [-0.4, -0.2) is 96.7 Å². The van der Waals surface area contributed by atoms with Crippen molar-refractivity contribution >= 4 is 39.5 Å². The molecule has 19 heteroatoms. The van der Waals surface area contributed by atoms with E-state index in [1.807, 2.05) is 0 Å². The Kier molecular flexibility index (Phi) is 74.4. The van der Waals surface area contributed by atoms with Crippen molar-refractivity contribution in [3.63, 3.8) is 0 Å². The van der Waals surface area contributed by atoms with Gasteiger partial charge >= 0.3 is 39.5 Å². The molecule has 0 bridgehead atoms. The first-order valence-corrected chi connectivity index (χ1v) is 46.1. The van der Waals surface area contributed by atoms with Crippen LogP contribution < -0.4 is 0 Å². The molecule has 5 atom stereocenters. The molecule has 0 aromatic heterocycles. The fraction of sp³-hybridized carbons (Fsp3) is 0.952. The van der Waals surface area contributed by atoms with Crippen LogP contribution in [0.5, 0.6) is 0 Å². The van der Waals surface area contributed by atoms with E-state index in [4.69, 9.17) is 37.0 Å². The molecular weight excluding hydrogens is 1330 g/mol. The lowest BCUT2D eigenvalue weighted by Crippen LogP contribution is -2.30. The summed E-state index contributed by atoms with van der Waals surface area (Å²) in [4.78, 5) is 73.1. The summed E-state index contributed by atoms with van der Waals surface area (Å²) in [6.07, 6.45) is 67.8. The summed E-state index contributed by atoms with van der Waals surface area (Å²) in [5.41, 5.74) is 0. The molecule has 0 saturated carbocycles. The van der Waals surface area contributed by atoms with E-state index in [-0.39, 0.29) is 25.7 Å². The lowest BCUT2D eigenvalue weighted by molar-refractivity contribution is -0.161. The maximum Gasteiger partial charge on any atom is 0.472 e. The fourth-order valence-corrected chi connectivity index (χ4v) is 14.5. The van der Waals surface area contributed by atoms with Crippen LogP contribution >= 0.6 is 15.6 Å². The number of unbranched alkanes of at least 4 members (excludes halogenated alkanes) is 55. The van der Waals surface area contributed by atoms with Crippen molar-refractivity contribution in [2.24, 2.45) is 5.92 Å². The van der Waals surface area contributed by atoms with Crippen LogP contribution in [0.15, 0.2) is 0 Å². The van der Waals surface area contributed by atoms with E-state index < -0.39 is 97.5 Å². The minimum Gasteiger partial charge on any atom is -0.462 e. The van der Waals surface area contributed by atoms with Gasteiger partial charge in [-0.1, -0.05) is 394 Å². The van der Waals surface area contributed by atoms with Gasteiger partial charge in [0.15, 0.2) is 12.2 Å². The summed E-state index contributed by atoms with van der Waals surface area (Å²) >= 11 is 0. The number of ether oxygens (including phenoxy) is 4. The summed E-state index contributed by atoms with van der Waals surface area (Å²) in [5, 5.41) is 10.7. The SMILES string of the molecule is CCCCCCCCCCCCCCCCCCCCCC(=O)O[C@H](COC(=O)CCCCCCCCCCCCCCCC(C)C)COP(=O)(O)OC[C@@H](O)COP(=O)(O)OC[C@@H](COC(=O)CCCCCCCCCCCCCC)OC(=O)CCCCCCCCCCCCCCCCC. The number of aliphatic hydroxyl groups excluding tert-OH is 1. The third-order valence-electron chi connectivity index (χ3n) is 19.5. The van der Waals surface area contributed by atoms with Crippen LogP contribution in [0.2, 0.25) is 0 Å². The highest BCUT2D eigenvalue weighted by atomic mass is 31.2. The molecule has 0 aliphatic rings. The van der Waals surface area contributed by atoms with E-state index in [0.29, 0.717) is 25.7 Å². The molecule has 2 unspecified atom stereocenters. The van der Waals surface area contributed by atoms with Crippen LogP contribution in [0.3, 0.4) is 0 Å². The Hall–Kier alpha value is -1.94. The number of rotatable bonds is 83. The highest BCUT2D eigenvalue weighted by molar-refractivity contribution is 7.47. The standard InChI is InChI=1S/C83H162O17P2/c1-6-9-12-15-18-21-24-27-29-30-31-32-34-38-44-49-54-59-64-69-83(88)100-79(73-94-81(86)67-62-57-52-47-42-39-35-36-40-45-50-55-60-65-76(4)5)75-98-102(91,92)96-71-77(84)70-95-101(89,90)97-74-78(72-93-80(85)66-61-56-51-46-41-26-23-20-17-14-11-8-3)99-82(87)68-63-58-53-48-43-37-33-28-25-22-19-16-13-10-7-2/h76-79,84H,6-75H2,1-5H3,(H,89,90)(H,91,92)/t77-,78+,79+/m0/s1. The average Bonchev–Trinajstić information content (AvgIpc) is 0.910. The van der Waals surface area contributed by atoms with Crippen molar-refractivity contribution in [2.45, 2.75) is 464 Å². The van der Waals surface area contributed by atoms with Gasteiger partial charge in [0.2, 0.25) is 0 Å². The molecule has 0 amide bonds. The first-order chi connectivity index (χ1) is 49.5. The summed E-state index contributed by atoms with van der Waals surface area (Å²) in [6, 6.07) is 0. The van der Waals surface area contributed by atoms with Crippen LogP contribution in [0.4, 0.5) is 0 Å². The summed E-state index contributed by atoms with van der Waals surface area (Å²) in [6.45, 7) is 7.37. The minimum atomic E-state index is -4.96. The zero-order valence-corrected chi connectivity index (χ0v) is 68.5. The van der Waals surface area contributed by atoms with E-state index >= 15 is 0 Å². The van der Waals surface area contributed by atoms with E-state index in [1.54, 1.807) is 0 Å². The highest BCUT2D eigenvalue weighted by Gasteiger charge is 2.30. The number of aliphatic hydroxyl groups is 1. The molecule has 0 fully saturated rings. The first kappa shape index (κ1) is 100. The van der Waals surface area contributed by atoms with Gasteiger partial charge in [-0.25, -0.2) is 9.13 Å². The molecule has 3 N–H and O–H groups in total. The summed E-state index contributed by atoms with van der Waals surface area (Å²) in [7, 11) is -9.92. The van der Waals surface area contributed by atoms with Gasteiger partial charge in [-0.15, -0.1) is 0 Å². The van der Waals surface area contributed by atoms with Crippen molar-refractivity contribution in [1.29, 1.82) is 0 Å². The molecular formula is C83H162O17P2. The smallest absolute Gasteiger partial charge is 0.462 e. The molecule has 606 valence electrons. The molecule has 0 aromatic rings. The summed E-state index contributed by atoms with van der Waals surface area (Å²) < 4.78 is 68.8. The Bertz CT molecular complexity index is 1940. The predicted octanol–water partition coefficient (Wildman–Crippen LogP) is 25.2. The van der Waals surface area contributed by atoms with Gasteiger partial charge in [0.25, 0.3) is 0 Å². The number of phosphoric acid groups is 2. The predicted molar refractivity (Wildman–Crippen MR) is 418 cm³/mol. The zero-order chi connectivity index (χ0) is 74.8. The number of hydrogen-bond acceptors (Lipinski definition) is 15. The van der Waals surface area contributed by atoms with E-state index in [1.165, 1.54) is 270 Å². The Morgan fingerprint density at radius 1 is 0.265 bits per heavy atom. The monoisotopic (exact) mass is 1490 g/mol. The fourth-order valence-electron chi connectivity index (χ4n) is 12.9. The molecule has 17 nitrogen and oxygen atoms in total. The number of hydrogen-bond donors (Lipinski definition) is 3. The maximum absolute atomic E-state index is 13.1. The molecule has 0 radical (unpaired) electrons. The average molecular weight is 1490 g/mol. The Morgan fingerprint density at radius 2 is 0.451 bits per heavy atom.